The van der Waals surface area contributed by atoms with Gasteiger partial charge in [0.2, 0.25) is 0 Å². The van der Waals surface area contributed by atoms with Gasteiger partial charge in [-0.25, -0.2) is 4.98 Å². The summed E-state index contributed by atoms with van der Waals surface area (Å²) < 4.78 is 0. The molecule has 0 unspecified atom stereocenters. The third-order valence-electron chi connectivity index (χ3n) is 2.44. The number of aromatic nitrogens is 1. The second-order valence-corrected chi connectivity index (χ2v) is 5.17. The van der Waals surface area contributed by atoms with Crippen molar-refractivity contribution in [3.05, 3.63) is 16.1 Å². The Morgan fingerprint density at radius 3 is 2.29 bits per heavy atom. The lowest BCUT2D eigenvalue weighted by Gasteiger charge is -2.26. The molecule has 0 radical (unpaired) electrons. The van der Waals surface area contributed by atoms with E-state index < -0.39 is 0 Å². The van der Waals surface area contributed by atoms with Crippen LogP contribution in [0.4, 0.5) is 0 Å². The van der Waals surface area contributed by atoms with Crippen LogP contribution in [0.15, 0.2) is 6.20 Å². The number of aryl methyl sites for hydroxylation is 1. The molecule has 3 heteroatoms. The fourth-order valence-electron chi connectivity index (χ4n) is 1.82. The highest BCUT2D eigenvalue weighted by Crippen LogP contribution is 2.31. The van der Waals surface area contributed by atoms with E-state index in [2.05, 4.69) is 25.8 Å². The first-order chi connectivity index (χ1) is 6.62. The van der Waals surface area contributed by atoms with Crippen molar-refractivity contribution in [1.29, 1.82) is 0 Å². The fourth-order valence-corrected chi connectivity index (χ4v) is 2.74. The normalized spacial score (nSPS) is 12.0. The van der Waals surface area contributed by atoms with E-state index in [4.69, 9.17) is 5.73 Å². The minimum atomic E-state index is -0.178. The predicted molar refractivity (Wildman–Crippen MR) is 62.5 cm³/mol. The number of thiazole rings is 1. The molecule has 1 heterocycles. The van der Waals surface area contributed by atoms with Gasteiger partial charge in [0, 0.05) is 11.1 Å². The van der Waals surface area contributed by atoms with Crippen molar-refractivity contribution in [1.82, 2.24) is 4.98 Å². The van der Waals surface area contributed by atoms with Crippen LogP contribution in [0.2, 0.25) is 0 Å². The van der Waals surface area contributed by atoms with Crippen molar-refractivity contribution in [3.8, 4) is 0 Å². The van der Waals surface area contributed by atoms with Crippen LogP contribution in [0.3, 0.4) is 0 Å². The van der Waals surface area contributed by atoms with E-state index in [1.807, 2.05) is 6.20 Å². The Labute approximate surface area is 90.6 Å². The highest BCUT2D eigenvalue weighted by Gasteiger charge is 2.28. The Bertz CT molecular complexity index is 275. The summed E-state index contributed by atoms with van der Waals surface area (Å²) in [5, 5.41) is 1.11. The molecule has 0 aliphatic carbocycles. The first-order valence-corrected chi connectivity index (χ1v) is 6.16. The van der Waals surface area contributed by atoms with Crippen LogP contribution in [0.5, 0.6) is 0 Å². The molecule has 1 aromatic heterocycles. The highest BCUT2D eigenvalue weighted by atomic mass is 32.1. The molecule has 2 N–H and O–H groups in total. The van der Waals surface area contributed by atoms with Gasteiger partial charge in [0.1, 0.15) is 5.01 Å². The number of hydrogen-bond donors (Lipinski definition) is 1. The maximum Gasteiger partial charge on any atom is 0.113 e. The van der Waals surface area contributed by atoms with Crippen LogP contribution in [-0.2, 0) is 5.54 Å². The number of nitrogens with two attached hydrogens (primary N) is 1. The molecule has 1 rings (SSSR count). The Hall–Kier alpha value is -0.410. The van der Waals surface area contributed by atoms with Crippen molar-refractivity contribution in [3.63, 3.8) is 0 Å². The number of nitrogens with zero attached hydrogens (tertiary/aromatic N) is 1. The maximum absolute atomic E-state index is 6.40. The summed E-state index contributed by atoms with van der Waals surface area (Å²) in [5.41, 5.74) is 6.22. The van der Waals surface area contributed by atoms with Crippen LogP contribution < -0.4 is 5.73 Å². The average molecular weight is 212 g/mol. The summed E-state index contributed by atoms with van der Waals surface area (Å²) in [4.78, 5) is 5.67. The van der Waals surface area contributed by atoms with Gasteiger partial charge in [-0.1, -0.05) is 26.7 Å². The number of hydrogen-bond acceptors (Lipinski definition) is 3. The van der Waals surface area contributed by atoms with E-state index >= 15 is 0 Å². The van der Waals surface area contributed by atoms with E-state index in [1.54, 1.807) is 11.3 Å². The van der Waals surface area contributed by atoms with Crippen molar-refractivity contribution in [2.45, 2.75) is 52.0 Å². The van der Waals surface area contributed by atoms with Crippen LogP contribution in [-0.4, -0.2) is 4.98 Å². The highest BCUT2D eigenvalue weighted by molar-refractivity contribution is 7.11. The first kappa shape index (κ1) is 11.7. The smallest absolute Gasteiger partial charge is 0.113 e. The molecule has 2 nitrogen and oxygen atoms in total. The standard InChI is InChI=1S/C11H20N2S/c1-4-6-11(12,7-5-2)10-13-8-9(3)14-10/h8H,4-7,12H2,1-3H3. The Morgan fingerprint density at radius 1 is 1.36 bits per heavy atom. The number of rotatable bonds is 5. The molecule has 0 bridgehead atoms. The van der Waals surface area contributed by atoms with Crippen LogP contribution in [0, 0.1) is 6.92 Å². The molecule has 0 amide bonds. The Balaban J connectivity index is 2.86. The summed E-state index contributed by atoms with van der Waals surface area (Å²) in [6.45, 7) is 6.44. The predicted octanol–water partition coefficient (Wildman–Crippen LogP) is 3.21. The van der Waals surface area contributed by atoms with Gasteiger partial charge in [0.15, 0.2) is 0 Å². The summed E-state index contributed by atoms with van der Waals surface area (Å²) in [6, 6.07) is 0. The van der Waals surface area contributed by atoms with Gasteiger partial charge in [0.25, 0.3) is 0 Å². The van der Waals surface area contributed by atoms with Gasteiger partial charge in [-0.15, -0.1) is 11.3 Å². The van der Waals surface area contributed by atoms with Gasteiger partial charge in [-0.3, -0.25) is 0 Å². The van der Waals surface area contributed by atoms with Crippen LogP contribution in [0.25, 0.3) is 0 Å². The fraction of sp³-hybridized carbons (Fsp3) is 0.727. The van der Waals surface area contributed by atoms with Crippen LogP contribution in [0.1, 0.15) is 49.4 Å². The van der Waals surface area contributed by atoms with Crippen LogP contribution >= 0.6 is 11.3 Å². The van der Waals surface area contributed by atoms with Crippen molar-refractivity contribution >= 4 is 11.3 Å². The van der Waals surface area contributed by atoms with Crippen molar-refractivity contribution in [2.75, 3.05) is 0 Å². The molecule has 0 saturated heterocycles. The SMILES string of the molecule is CCCC(N)(CCC)c1ncc(C)s1. The van der Waals surface area contributed by atoms with E-state index in [0.717, 1.165) is 30.7 Å². The monoisotopic (exact) mass is 212 g/mol. The molecule has 0 spiro atoms. The van der Waals surface area contributed by atoms with Gasteiger partial charge >= 0.3 is 0 Å². The average Bonchev–Trinajstić information content (AvgIpc) is 2.53. The van der Waals surface area contributed by atoms with E-state index in [9.17, 15) is 0 Å². The molecule has 14 heavy (non-hydrogen) atoms. The first-order valence-electron chi connectivity index (χ1n) is 5.34. The maximum atomic E-state index is 6.40. The van der Waals surface area contributed by atoms with Crippen molar-refractivity contribution in [2.24, 2.45) is 5.73 Å². The second kappa shape index (κ2) is 4.89. The second-order valence-electron chi connectivity index (χ2n) is 3.93. The van der Waals surface area contributed by atoms with Gasteiger partial charge in [0.05, 0.1) is 5.54 Å². The Kier molecular flexibility index (Phi) is 4.08. The minimum Gasteiger partial charge on any atom is -0.319 e. The minimum absolute atomic E-state index is 0.178. The molecular weight excluding hydrogens is 192 g/mol. The van der Waals surface area contributed by atoms with Gasteiger partial charge in [-0.05, 0) is 19.8 Å². The van der Waals surface area contributed by atoms with Gasteiger partial charge < -0.3 is 5.73 Å². The van der Waals surface area contributed by atoms with E-state index in [1.165, 1.54) is 4.88 Å². The lowest BCUT2D eigenvalue weighted by Crippen LogP contribution is -2.36. The zero-order chi connectivity index (χ0) is 10.6. The molecule has 0 saturated carbocycles. The molecular formula is C11H20N2S. The summed E-state index contributed by atoms with van der Waals surface area (Å²) in [7, 11) is 0. The van der Waals surface area contributed by atoms with Gasteiger partial charge in [-0.2, -0.15) is 0 Å². The molecule has 0 atom stereocenters. The third kappa shape index (κ3) is 2.55. The molecule has 0 aliphatic rings. The third-order valence-corrected chi connectivity index (χ3v) is 3.57. The molecule has 80 valence electrons. The summed E-state index contributed by atoms with van der Waals surface area (Å²) in [5.74, 6) is 0. The zero-order valence-corrected chi connectivity index (χ0v) is 10.2. The lowest BCUT2D eigenvalue weighted by molar-refractivity contribution is 0.368. The zero-order valence-electron chi connectivity index (χ0n) is 9.34. The van der Waals surface area contributed by atoms with Crippen molar-refractivity contribution < 1.29 is 0 Å². The molecule has 0 aromatic carbocycles. The molecule has 1 aromatic rings. The largest absolute Gasteiger partial charge is 0.319 e. The van der Waals surface area contributed by atoms with E-state index in [-0.39, 0.29) is 5.54 Å². The Morgan fingerprint density at radius 2 is 1.93 bits per heavy atom. The summed E-state index contributed by atoms with van der Waals surface area (Å²) in [6.07, 6.45) is 6.23. The molecule has 0 fully saturated rings. The molecule has 0 aliphatic heterocycles. The lowest BCUT2D eigenvalue weighted by atomic mass is 9.90. The summed E-state index contributed by atoms with van der Waals surface area (Å²) >= 11 is 1.74. The topological polar surface area (TPSA) is 38.9 Å². The van der Waals surface area contributed by atoms with E-state index in [0.29, 0.717) is 0 Å². The quantitative estimate of drug-likeness (QED) is 0.814.